The summed E-state index contributed by atoms with van der Waals surface area (Å²) < 4.78 is 5.52. The Morgan fingerprint density at radius 2 is 2.06 bits per heavy atom. The molecule has 0 aliphatic carbocycles. The highest BCUT2D eigenvalue weighted by atomic mass is 35.5. The molecule has 1 N–H and O–H groups in total. The van der Waals surface area contributed by atoms with Crippen molar-refractivity contribution in [1.29, 1.82) is 0 Å². The molecule has 0 aliphatic rings. The molecular formula is C12H19ClN2O2. The van der Waals surface area contributed by atoms with Crippen LogP contribution < -0.4 is 4.74 Å². The van der Waals surface area contributed by atoms with E-state index in [0.29, 0.717) is 23.2 Å². The number of aromatic nitrogens is 1. The van der Waals surface area contributed by atoms with Crippen LogP contribution in [0.5, 0.6) is 5.88 Å². The summed E-state index contributed by atoms with van der Waals surface area (Å²) in [6.45, 7) is 7.53. The molecular weight excluding hydrogens is 240 g/mol. The van der Waals surface area contributed by atoms with Crippen LogP contribution in [0, 0.1) is 0 Å². The summed E-state index contributed by atoms with van der Waals surface area (Å²) in [4.78, 5) is 6.38. The first kappa shape index (κ1) is 14.2. The van der Waals surface area contributed by atoms with E-state index in [0.717, 1.165) is 19.6 Å². The van der Waals surface area contributed by atoms with Gasteiger partial charge in [-0.2, -0.15) is 0 Å². The highest BCUT2D eigenvalue weighted by Crippen LogP contribution is 2.17. The number of hydrogen-bond donors (Lipinski definition) is 1. The molecule has 5 heteroatoms. The molecule has 96 valence electrons. The number of ether oxygens (including phenoxy) is 1. The first-order chi connectivity index (χ1) is 8.21. The third kappa shape index (κ3) is 4.50. The molecule has 0 aliphatic heterocycles. The number of halogens is 1. The van der Waals surface area contributed by atoms with Crippen LogP contribution in [-0.2, 0) is 6.61 Å². The van der Waals surface area contributed by atoms with Gasteiger partial charge in [0.05, 0.1) is 17.3 Å². The van der Waals surface area contributed by atoms with Gasteiger partial charge in [0, 0.05) is 12.6 Å². The van der Waals surface area contributed by atoms with Crippen molar-refractivity contribution in [3.63, 3.8) is 0 Å². The summed E-state index contributed by atoms with van der Waals surface area (Å²) >= 11 is 5.84. The Hall–Kier alpha value is -0.840. The SMILES string of the molecule is CCN(CC)CCOc1ccc(Cl)c(CO)n1. The maximum atomic E-state index is 9.02. The van der Waals surface area contributed by atoms with Crippen molar-refractivity contribution >= 4 is 11.6 Å². The summed E-state index contributed by atoms with van der Waals surface area (Å²) in [6.07, 6.45) is 0. The Morgan fingerprint density at radius 1 is 1.35 bits per heavy atom. The second-order valence-corrected chi connectivity index (χ2v) is 4.02. The van der Waals surface area contributed by atoms with Crippen LogP contribution in [0.25, 0.3) is 0 Å². The van der Waals surface area contributed by atoms with Gasteiger partial charge < -0.3 is 14.7 Å². The third-order valence-corrected chi connectivity index (χ3v) is 2.94. The van der Waals surface area contributed by atoms with Gasteiger partial charge >= 0.3 is 0 Å². The molecule has 17 heavy (non-hydrogen) atoms. The highest BCUT2D eigenvalue weighted by molar-refractivity contribution is 6.31. The average molecular weight is 259 g/mol. The van der Waals surface area contributed by atoms with Crippen molar-refractivity contribution in [1.82, 2.24) is 9.88 Å². The molecule has 1 aromatic heterocycles. The molecule has 0 fully saturated rings. The number of likely N-dealkylation sites (N-methyl/N-ethyl adjacent to an activating group) is 1. The summed E-state index contributed by atoms with van der Waals surface area (Å²) in [5.41, 5.74) is 0.451. The molecule has 0 saturated heterocycles. The fourth-order valence-corrected chi connectivity index (χ4v) is 1.64. The maximum Gasteiger partial charge on any atom is 0.213 e. The molecule has 0 unspecified atom stereocenters. The summed E-state index contributed by atoms with van der Waals surface area (Å²) in [7, 11) is 0. The van der Waals surface area contributed by atoms with Crippen molar-refractivity contribution < 1.29 is 9.84 Å². The van der Waals surface area contributed by atoms with E-state index in [1.165, 1.54) is 0 Å². The molecule has 1 heterocycles. The fourth-order valence-electron chi connectivity index (χ4n) is 1.47. The van der Waals surface area contributed by atoms with Gasteiger partial charge in [-0.3, -0.25) is 0 Å². The molecule has 1 rings (SSSR count). The molecule has 0 aromatic carbocycles. The van der Waals surface area contributed by atoms with Gasteiger partial charge in [0.25, 0.3) is 0 Å². The minimum atomic E-state index is -0.175. The Bertz CT molecular complexity index is 343. The van der Waals surface area contributed by atoms with Crippen LogP contribution in [0.15, 0.2) is 12.1 Å². The van der Waals surface area contributed by atoms with Crippen LogP contribution in [-0.4, -0.2) is 41.2 Å². The quantitative estimate of drug-likeness (QED) is 0.812. The summed E-state index contributed by atoms with van der Waals surface area (Å²) in [5.74, 6) is 0.505. The van der Waals surface area contributed by atoms with Gasteiger partial charge in [-0.15, -0.1) is 0 Å². The van der Waals surface area contributed by atoms with E-state index in [1.807, 2.05) is 0 Å². The zero-order valence-electron chi connectivity index (χ0n) is 10.3. The smallest absolute Gasteiger partial charge is 0.213 e. The molecule has 4 nitrogen and oxygen atoms in total. The van der Waals surface area contributed by atoms with E-state index in [4.69, 9.17) is 21.4 Å². The second kappa shape index (κ2) is 7.48. The number of rotatable bonds is 7. The Kier molecular flexibility index (Phi) is 6.26. The molecule has 0 bridgehead atoms. The van der Waals surface area contributed by atoms with Gasteiger partial charge in [-0.1, -0.05) is 25.4 Å². The Morgan fingerprint density at radius 3 is 2.65 bits per heavy atom. The fraction of sp³-hybridized carbons (Fsp3) is 0.583. The van der Waals surface area contributed by atoms with Crippen molar-refractivity contribution in [3.05, 3.63) is 22.8 Å². The van der Waals surface area contributed by atoms with E-state index in [1.54, 1.807) is 12.1 Å². The lowest BCUT2D eigenvalue weighted by atomic mass is 10.3. The highest BCUT2D eigenvalue weighted by Gasteiger charge is 2.04. The monoisotopic (exact) mass is 258 g/mol. The standard InChI is InChI=1S/C12H19ClN2O2/c1-3-15(4-2)7-8-17-12-6-5-10(13)11(9-16)14-12/h5-6,16H,3-4,7-9H2,1-2H3. The largest absolute Gasteiger partial charge is 0.476 e. The minimum Gasteiger partial charge on any atom is -0.476 e. The van der Waals surface area contributed by atoms with Gasteiger partial charge in [-0.25, -0.2) is 4.98 Å². The third-order valence-electron chi connectivity index (χ3n) is 2.59. The lowest BCUT2D eigenvalue weighted by Crippen LogP contribution is -2.28. The van der Waals surface area contributed by atoms with Crippen LogP contribution in [0.3, 0.4) is 0 Å². The first-order valence-electron chi connectivity index (χ1n) is 5.82. The molecule has 0 radical (unpaired) electrons. The zero-order chi connectivity index (χ0) is 12.7. The lowest BCUT2D eigenvalue weighted by molar-refractivity contribution is 0.216. The Balaban J connectivity index is 2.46. The van der Waals surface area contributed by atoms with E-state index in [-0.39, 0.29) is 6.61 Å². The molecule has 1 aromatic rings. The van der Waals surface area contributed by atoms with E-state index < -0.39 is 0 Å². The van der Waals surface area contributed by atoms with Crippen molar-refractivity contribution in [2.75, 3.05) is 26.2 Å². The number of pyridine rings is 1. The predicted octanol–water partition coefficient (Wildman–Crippen LogP) is 1.95. The number of hydrogen-bond acceptors (Lipinski definition) is 4. The average Bonchev–Trinajstić information content (AvgIpc) is 2.36. The van der Waals surface area contributed by atoms with Gasteiger partial charge in [-0.05, 0) is 19.2 Å². The van der Waals surface area contributed by atoms with Gasteiger partial charge in [0.2, 0.25) is 5.88 Å². The number of aliphatic hydroxyl groups excluding tert-OH is 1. The van der Waals surface area contributed by atoms with Crippen LogP contribution in [0.2, 0.25) is 5.02 Å². The number of aliphatic hydroxyl groups is 1. The van der Waals surface area contributed by atoms with Gasteiger partial charge in [0.15, 0.2) is 0 Å². The van der Waals surface area contributed by atoms with Crippen LogP contribution in [0.4, 0.5) is 0 Å². The maximum absolute atomic E-state index is 9.02. The summed E-state index contributed by atoms with van der Waals surface area (Å²) in [5, 5.41) is 9.48. The topological polar surface area (TPSA) is 45.6 Å². The van der Waals surface area contributed by atoms with Crippen molar-refractivity contribution in [3.8, 4) is 5.88 Å². The number of nitrogens with zero attached hydrogens (tertiary/aromatic N) is 2. The predicted molar refractivity (Wildman–Crippen MR) is 68.5 cm³/mol. The molecule has 0 saturated carbocycles. The normalized spacial score (nSPS) is 10.9. The van der Waals surface area contributed by atoms with Crippen LogP contribution >= 0.6 is 11.6 Å². The lowest BCUT2D eigenvalue weighted by Gasteiger charge is -2.17. The zero-order valence-corrected chi connectivity index (χ0v) is 11.1. The van der Waals surface area contributed by atoms with Crippen LogP contribution in [0.1, 0.15) is 19.5 Å². The first-order valence-corrected chi connectivity index (χ1v) is 6.20. The van der Waals surface area contributed by atoms with Crippen molar-refractivity contribution in [2.45, 2.75) is 20.5 Å². The molecule has 0 amide bonds. The second-order valence-electron chi connectivity index (χ2n) is 3.61. The van der Waals surface area contributed by atoms with E-state index in [9.17, 15) is 0 Å². The van der Waals surface area contributed by atoms with E-state index in [2.05, 4.69) is 23.7 Å². The van der Waals surface area contributed by atoms with Gasteiger partial charge in [0.1, 0.15) is 6.61 Å². The van der Waals surface area contributed by atoms with Crippen molar-refractivity contribution in [2.24, 2.45) is 0 Å². The Labute approximate surface area is 107 Å². The van der Waals surface area contributed by atoms with E-state index >= 15 is 0 Å². The summed E-state index contributed by atoms with van der Waals surface area (Å²) in [6, 6.07) is 3.40. The molecule has 0 spiro atoms. The molecule has 0 atom stereocenters. The minimum absolute atomic E-state index is 0.175.